The van der Waals surface area contributed by atoms with E-state index in [1.807, 2.05) is 0 Å². The molecule has 0 spiro atoms. The number of aromatic nitrogens is 1. The summed E-state index contributed by atoms with van der Waals surface area (Å²) in [4.78, 5) is 4.92. The van der Waals surface area contributed by atoms with E-state index in [4.69, 9.17) is 15.5 Å². The van der Waals surface area contributed by atoms with Crippen molar-refractivity contribution in [1.29, 1.82) is 0 Å². The van der Waals surface area contributed by atoms with Crippen LogP contribution in [-0.4, -0.2) is 17.3 Å². The molecule has 1 aromatic heterocycles. The van der Waals surface area contributed by atoms with Crippen molar-refractivity contribution in [2.45, 2.75) is 57.7 Å². The summed E-state index contributed by atoms with van der Waals surface area (Å²) in [6.45, 7) is 4.33. The number of ether oxygens (including phenoxy) is 1. The molecule has 3 aliphatic rings. The van der Waals surface area contributed by atoms with Crippen LogP contribution in [0.4, 0.5) is 5.69 Å². The number of pyridine rings is 1. The maximum atomic E-state index is 6.75. The number of benzene rings is 1. The molecule has 5 nitrogen and oxygen atoms in total. The molecule has 4 N–H and O–H groups in total. The first kappa shape index (κ1) is 16.1. The predicted octanol–water partition coefficient (Wildman–Crippen LogP) is 2.81. The molecular weight excluding hydrogens is 324 g/mol. The van der Waals surface area contributed by atoms with Crippen LogP contribution in [0.15, 0.2) is 24.3 Å². The fourth-order valence-corrected chi connectivity index (χ4v) is 4.87. The molecule has 1 fully saturated rings. The molecule has 1 aromatic carbocycles. The number of fused-ring (bicyclic) bond motifs is 3. The fraction of sp³-hybridized carbons (Fsp3) is 0.476. The molecule has 1 saturated heterocycles. The quantitative estimate of drug-likeness (QED) is 0.738. The van der Waals surface area contributed by atoms with Gasteiger partial charge in [-0.3, -0.25) is 5.43 Å². The third-order valence-electron chi connectivity index (χ3n) is 6.27. The molecule has 0 radical (unpaired) electrons. The van der Waals surface area contributed by atoms with Crippen LogP contribution in [0.3, 0.4) is 0 Å². The Kier molecular flexibility index (Phi) is 3.69. The number of anilines is 1. The maximum absolute atomic E-state index is 6.75. The summed E-state index contributed by atoms with van der Waals surface area (Å²) < 4.78 is 6.28. The maximum Gasteiger partial charge on any atom is 0.221 e. The zero-order valence-electron chi connectivity index (χ0n) is 15.4. The Labute approximate surface area is 154 Å². The van der Waals surface area contributed by atoms with Crippen molar-refractivity contribution in [2.75, 3.05) is 5.73 Å². The molecule has 3 heterocycles. The molecule has 136 valence electrons. The van der Waals surface area contributed by atoms with E-state index in [1.54, 1.807) is 0 Å². The van der Waals surface area contributed by atoms with Gasteiger partial charge in [0.15, 0.2) is 6.23 Å². The number of hydrogen-bond acceptors (Lipinski definition) is 5. The minimum absolute atomic E-state index is 0.0858. The summed E-state index contributed by atoms with van der Waals surface area (Å²) in [5.41, 5.74) is 20.4. The Morgan fingerprint density at radius 2 is 1.88 bits per heavy atom. The lowest BCUT2D eigenvalue weighted by Crippen LogP contribution is -2.42. The lowest BCUT2D eigenvalue weighted by Gasteiger charge is -2.38. The summed E-state index contributed by atoms with van der Waals surface area (Å²) in [6.07, 6.45) is 4.32. The Morgan fingerprint density at radius 1 is 1.12 bits per heavy atom. The molecule has 2 aromatic rings. The molecule has 4 atom stereocenters. The molecule has 0 bridgehead atoms. The Bertz CT molecular complexity index is 848. The average molecular weight is 350 g/mol. The van der Waals surface area contributed by atoms with Gasteiger partial charge in [0.1, 0.15) is 0 Å². The third kappa shape index (κ3) is 2.34. The van der Waals surface area contributed by atoms with Crippen LogP contribution in [0, 0.1) is 12.8 Å². The number of rotatable bonds is 1. The van der Waals surface area contributed by atoms with E-state index in [1.165, 1.54) is 29.5 Å². The first-order valence-electron chi connectivity index (χ1n) is 9.69. The Balaban J connectivity index is 1.72. The molecule has 0 saturated carbocycles. The predicted molar refractivity (Wildman–Crippen MR) is 102 cm³/mol. The van der Waals surface area contributed by atoms with Gasteiger partial charge in [0.05, 0.1) is 0 Å². The summed E-state index contributed by atoms with van der Waals surface area (Å²) in [6, 6.07) is 9.12. The lowest BCUT2D eigenvalue weighted by atomic mass is 9.74. The van der Waals surface area contributed by atoms with Gasteiger partial charge in [-0.1, -0.05) is 29.8 Å². The van der Waals surface area contributed by atoms with E-state index in [2.05, 4.69) is 49.0 Å². The van der Waals surface area contributed by atoms with E-state index in [0.29, 0.717) is 0 Å². The van der Waals surface area contributed by atoms with Crippen LogP contribution >= 0.6 is 0 Å². The SMILES string of the molecule is Cc1ccc(C2c3c(nc4c(c3N)CCCC4)OC3NNC(C)C32)cc1. The molecule has 5 rings (SSSR count). The molecule has 4 unspecified atom stereocenters. The van der Waals surface area contributed by atoms with Crippen LogP contribution in [0.25, 0.3) is 0 Å². The summed E-state index contributed by atoms with van der Waals surface area (Å²) in [5.74, 6) is 1.18. The van der Waals surface area contributed by atoms with E-state index < -0.39 is 0 Å². The zero-order valence-corrected chi connectivity index (χ0v) is 15.4. The first-order valence-corrected chi connectivity index (χ1v) is 9.69. The largest absolute Gasteiger partial charge is 0.457 e. The summed E-state index contributed by atoms with van der Waals surface area (Å²) in [5, 5.41) is 0. The second kappa shape index (κ2) is 5.96. The zero-order chi connectivity index (χ0) is 17.8. The lowest BCUT2D eigenvalue weighted by molar-refractivity contribution is 0.0967. The number of nitrogens with two attached hydrogens (primary N) is 1. The normalized spacial score (nSPS) is 29.5. The number of nitrogens with one attached hydrogen (secondary N) is 2. The van der Waals surface area contributed by atoms with Gasteiger partial charge in [-0.05, 0) is 50.7 Å². The van der Waals surface area contributed by atoms with Crippen LogP contribution in [0.5, 0.6) is 5.88 Å². The topological polar surface area (TPSA) is 72.2 Å². The summed E-state index contributed by atoms with van der Waals surface area (Å²) in [7, 11) is 0. The Morgan fingerprint density at radius 3 is 2.69 bits per heavy atom. The van der Waals surface area contributed by atoms with Crippen molar-refractivity contribution < 1.29 is 4.74 Å². The van der Waals surface area contributed by atoms with Gasteiger partial charge < -0.3 is 10.5 Å². The first-order chi connectivity index (χ1) is 12.6. The van der Waals surface area contributed by atoms with Crippen LogP contribution in [0.2, 0.25) is 0 Å². The minimum atomic E-state index is -0.0858. The van der Waals surface area contributed by atoms with Crippen LogP contribution in [-0.2, 0) is 12.8 Å². The highest BCUT2D eigenvalue weighted by Gasteiger charge is 2.48. The van der Waals surface area contributed by atoms with Crippen molar-refractivity contribution in [2.24, 2.45) is 5.92 Å². The van der Waals surface area contributed by atoms with Crippen molar-refractivity contribution >= 4 is 5.69 Å². The number of aryl methyl sites for hydroxylation is 2. The standard InChI is InChI=1S/C21H26N4O/c1-11-7-9-13(10-8-11)17-16-12(2)24-25-21(16)26-20-18(17)19(22)14-5-3-4-6-15(14)23-20/h7-10,12,16-17,21,24-25H,3-6H2,1-2H3,(H2,22,23). The number of hydrogen-bond donors (Lipinski definition) is 3. The molecule has 5 heteroatoms. The Hall–Kier alpha value is -2.11. The van der Waals surface area contributed by atoms with Gasteiger partial charge in [0.25, 0.3) is 0 Å². The van der Waals surface area contributed by atoms with Gasteiger partial charge in [-0.25, -0.2) is 10.4 Å². The van der Waals surface area contributed by atoms with Crippen LogP contribution in [0.1, 0.15) is 53.6 Å². The number of nitrogen functional groups attached to an aromatic ring is 1. The van der Waals surface area contributed by atoms with E-state index in [9.17, 15) is 0 Å². The van der Waals surface area contributed by atoms with Crippen molar-refractivity contribution in [3.05, 3.63) is 52.2 Å². The monoisotopic (exact) mass is 350 g/mol. The number of hydrazine groups is 1. The van der Waals surface area contributed by atoms with Gasteiger partial charge in [0.2, 0.25) is 5.88 Å². The van der Waals surface area contributed by atoms with Crippen molar-refractivity contribution in [1.82, 2.24) is 15.8 Å². The third-order valence-corrected chi connectivity index (χ3v) is 6.27. The highest BCUT2D eigenvalue weighted by Crippen LogP contribution is 2.49. The molecule has 1 aliphatic carbocycles. The van der Waals surface area contributed by atoms with E-state index in [-0.39, 0.29) is 24.1 Å². The second-order valence-corrected chi connectivity index (χ2v) is 7.96. The highest BCUT2D eigenvalue weighted by atomic mass is 16.5. The van der Waals surface area contributed by atoms with Crippen molar-refractivity contribution in [3.8, 4) is 5.88 Å². The smallest absolute Gasteiger partial charge is 0.221 e. The average Bonchev–Trinajstić information content (AvgIpc) is 3.02. The minimum Gasteiger partial charge on any atom is -0.457 e. The summed E-state index contributed by atoms with van der Waals surface area (Å²) >= 11 is 0. The van der Waals surface area contributed by atoms with Gasteiger partial charge in [-0.15, -0.1) is 0 Å². The van der Waals surface area contributed by atoms with E-state index in [0.717, 1.165) is 35.7 Å². The van der Waals surface area contributed by atoms with E-state index >= 15 is 0 Å². The molecule has 26 heavy (non-hydrogen) atoms. The highest BCUT2D eigenvalue weighted by molar-refractivity contribution is 5.64. The van der Waals surface area contributed by atoms with Gasteiger partial charge >= 0.3 is 0 Å². The van der Waals surface area contributed by atoms with Gasteiger partial charge in [-0.2, -0.15) is 0 Å². The fourth-order valence-electron chi connectivity index (χ4n) is 4.87. The second-order valence-electron chi connectivity index (χ2n) is 7.96. The van der Waals surface area contributed by atoms with Gasteiger partial charge in [0, 0.05) is 34.8 Å². The molecule has 2 aliphatic heterocycles. The molecular formula is C21H26N4O. The molecule has 0 amide bonds. The van der Waals surface area contributed by atoms with Crippen LogP contribution < -0.4 is 21.3 Å². The van der Waals surface area contributed by atoms with Crippen molar-refractivity contribution in [3.63, 3.8) is 0 Å². The number of nitrogens with zero attached hydrogens (tertiary/aromatic N) is 1.